The summed E-state index contributed by atoms with van der Waals surface area (Å²) in [7, 11) is 0. The second-order valence-corrected chi connectivity index (χ2v) is 6.10. The Hall–Kier alpha value is -0.400. The van der Waals surface area contributed by atoms with Crippen molar-refractivity contribution in [2.45, 2.75) is 77.0 Å². The van der Waals surface area contributed by atoms with Gasteiger partial charge in [0.05, 0.1) is 0 Å². The molecule has 0 atom stereocenters. The van der Waals surface area contributed by atoms with Gasteiger partial charge in [0.25, 0.3) is 0 Å². The Labute approximate surface area is 146 Å². The van der Waals surface area contributed by atoms with Crippen molar-refractivity contribution in [3.8, 4) is 0 Å². The second-order valence-electron chi connectivity index (χ2n) is 6.10. The van der Waals surface area contributed by atoms with Crippen molar-refractivity contribution in [1.82, 2.24) is 55.1 Å². The minimum Gasteiger partial charge on any atom is -0.243 e. The van der Waals surface area contributed by atoms with E-state index in [1.165, 1.54) is 77.0 Å². The third-order valence-corrected chi connectivity index (χ3v) is 3.97. The van der Waals surface area contributed by atoms with Crippen molar-refractivity contribution in [3.63, 3.8) is 0 Å². The zero-order valence-electron chi connectivity index (χ0n) is 14.9. The van der Waals surface area contributed by atoms with Crippen LogP contribution in [0.5, 0.6) is 0 Å². The fourth-order valence-electron chi connectivity index (χ4n) is 2.60. The summed E-state index contributed by atoms with van der Waals surface area (Å²) in [6.07, 6.45) is 16.0. The van der Waals surface area contributed by atoms with Crippen molar-refractivity contribution in [2.75, 3.05) is 13.1 Å². The van der Waals surface area contributed by atoms with E-state index in [1.807, 2.05) is 0 Å². The summed E-state index contributed by atoms with van der Waals surface area (Å²) < 4.78 is 0. The van der Waals surface area contributed by atoms with Crippen LogP contribution in [0.25, 0.3) is 0 Å². The van der Waals surface area contributed by atoms with E-state index in [0.29, 0.717) is 0 Å². The Bertz CT molecular complexity index is 134. The predicted octanol–water partition coefficient (Wildman–Crippen LogP) is -0.188. The number of nitrogens with one attached hydrogen (secondary N) is 10. The Morgan fingerprint density at radius 3 is 0.833 bits per heavy atom. The van der Waals surface area contributed by atoms with Crippen LogP contribution in [0.1, 0.15) is 77.0 Å². The zero-order chi connectivity index (χ0) is 17.0. The van der Waals surface area contributed by atoms with E-state index in [1.54, 1.807) is 0 Å². The standard InChI is InChI=1S/C14H38N10/c1-2-4-6-8-10-12-14-16-18-20-22-24-23-21-19-17-15-13-11-9-7-5-3-1/h15-24H,1-14H2. The number of hydrazine groups is 9. The van der Waals surface area contributed by atoms with E-state index in [4.69, 9.17) is 0 Å². The van der Waals surface area contributed by atoms with Crippen LogP contribution < -0.4 is 55.1 Å². The van der Waals surface area contributed by atoms with E-state index in [2.05, 4.69) is 55.1 Å². The van der Waals surface area contributed by atoms with Gasteiger partial charge in [-0.2, -0.15) is 44.3 Å². The molecule has 1 aliphatic rings. The lowest BCUT2D eigenvalue weighted by Gasteiger charge is -2.13. The Kier molecular flexibility index (Phi) is 17.1. The van der Waals surface area contributed by atoms with Crippen molar-refractivity contribution < 1.29 is 0 Å². The average molecular weight is 347 g/mol. The average Bonchev–Trinajstić information content (AvgIpc) is 2.59. The third kappa shape index (κ3) is 16.5. The third-order valence-electron chi connectivity index (χ3n) is 3.97. The summed E-state index contributed by atoms with van der Waals surface area (Å²) in [5.74, 6) is 0. The van der Waals surface area contributed by atoms with Gasteiger partial charge in [0.2, 0.25) is 0 Å². The Balaban J connectivity index is 2.00. The lowest BCUT2D eigenvalue weighted by molar-refractivity contribution is 0.232. The fourth-order valence-corrected chi connectivity index (χ4v) is 2.60. The lowest BCUT2D eigenvalue weighted by atomic mass is 10.1. The van der Waals surface area contributed by atoms with Crippen LogP contribution in [0.4, 0.5) is 0 Å². The summed E-state index contributed by atoms with van der Waals surface area (Å²) in [4.78, 5) is 0. The summed E-state index contributed by atoms with van der Waals surface area (Å²) in [5, 5.41) is 0. The smallest absolute Gasteiger partial charge is 0.0113 e. The molecule has 0 spiro atoms. The van der Waals surface area contributed by atoms with Gasteiger partial charge in [-0.05, 0) is 12.8 Å². The maximum Gasteiger partial charge on any atom is 0.0113 e. The normalized spacial score (nSPS) is 24.0. The molecule has 24 heavy (non-hydrogen) atoms. The molecule has 0 aromatic rings. The van der Waals surface area contributed by atoms with Gasteiger partial charge >= 0.3 is 0 Å². The molecule has 0 amide bonds. The van der Waals surface area contributed by atoms with E-state index < -0.39 is 0 Å². The van der Waals surface area contributed by atoms with Gasteiger partial charge in [-0.3, -0.25) is 0 Å². The zero-order valence-corrected chi connectivity index (χ0v) is 14.9. The molecule has 0 radical (unpaired) electrons. The summed E-state index contributed by atoms with van der Waals surface area (Å²) >= 11 is 0. The quantitative estimate of drug-likeness (QED) is 0.289. The molecule has 144 valence electrons. The molecule has 1 fully saturated rings. The molecule has 1 heterocycles. The first-order valence-electron chi connectivity index (χ1n) is 9.46. The molecule has 1 aliphatic heterocycles. The highest BCUT2D eigenvalue weighted by molar-refractivity contribution is 4.50. The van der Waals surface area contributed by atoms with Gasteiger partial charge in [0.1, 0.15) is 0 Å². The first-order valence-corrected chi connectivity index (χ1v) is 9.46. The van der Waals surface area contributed by atoms with E-state index in [9.17, 15) is 0 Å². The van der Waals surface area contributed by atoms with Crippen LogP contribution in [0.15, 0.2) is 0 Å². The molecule has 10 heteroatoms. The topological polar surface area (TPSA) is 120 Å². The molecule has 10 nitrogen and oxygen atoms in total. The van der Waals surface area contributed by atoms with Crippen molar-refractivity contribution >= 4 is 0 Å². The molecule has 0 bridgehead atoms. The summed E-state index contributed by atoms with van der Waals surface area (Å²) in [6.45, 7) is 1.88. The molecular weight excluding hydrogens is 308 g/mol. The van der Waals surface area contributed by atoms with Crippen LogP contribution >= 0.6 is 0 Å². The molecule has 1 saturated heterocycles. The van der Waals surface area contributed by atoms with Crippen LogP contribution in [0.3, 0.4) is 0 Å². The molecule has 0 aliphatic carbocycles. The van der Waals surface area contributed by atoms with Crippen LogP contribution in [-0.2, 0) is 0 Å². The molecule has 0 aromatic carbocycles. The van der Waals surface area contributed by atoms with Crippen LogP contribution in [-0.4, -0.2) is 13.1 Å². The first kappa shape index (κ1) is 21.6. The highest BCUT2D eigenvalue weighted by atomic mass is 15.9. The highest BCUT2D eigenvalue weighted by Crippen LogP contribution is 2.11. The SMILES string of the molecule is C1CCCCCCCNNNNNNNNNNCCCCCC1. The van der Waals surface area contributed by atoms with Crippen LogP contribution in [0.2, 0.25) is 0 Å². The summed E-state index contributed by atoms with van der Waals surface area (Å²) in [5.41, 5.74) is 28.1. The molecule has 0 unspecified atom stereocenters. The second kappa shape index (κ2) is 18.9. The monoisotopic (exact) mass is 346 g/mol. The minimum absolute atomic E-state index is 0.942. The van der Waals surface area contributed by atoms with E-state index in [-0.39, 0.29) is 0 Å². The summed E-state index contributed by atoms with van der Waals surface area (Å²) in [6, 6.07) is 0. The molecule has 10 N–H and O–H groups in total. The van der Waals surface area contributed by atoms with Gasteiger partial charge in [0, 0.05) is 13.1 Å². The van der Waals surface area contributed by atoms with Crippen molar-refractivity contribution in [1.29, 1.82) is 0 Å². The van der Waals surface area contributed by atoms with Gasteiger partial charge in [-0.15, -0.1) is 0 Å². The maximum absolute atomic E-state index is 3.09. The predicted molar refractivity (Wildman–Crippen MR) is 96.5 cm³/mol. The van der Waals surface area contributed by atoms with Gasteiger partial charge < -0.3 is 0 Å². The molecule has 0 aromatic heterocycles. The van der Waals surface area contributed by atoms with E-state index in [0.717, 1.165) is 13.1 Å². The maximum atomic E-state index is 3.09. The fraction of sp³-hybridized carbons (Fsp3) is 1.00. The van der Waals surface area contributed by atoms with Gasteiger partial charge in [0.15, 0.2) is 0 Å². The van der Waals surface area contributed by atoms with Gasteiger partial charge in [-0.25, -0.2) is 10.9 Å². The molecule has 1 rings (SSSR count). The Morgan fingerprint density at radius 2 is 0.500 bits per heavy atom. The van der Waals surface area contributed by atoms with Crippen molar-refractivity contribution in [3.05, 3.63) is 0 Å². The largest absolute Gasteiger partial charge is 0.243 e. The Morgan fingerprint density at radius 1 is 0.250 bits per heavy atom. The minimum atomic E-state index is 0.942. The van der Waals surface area contributed by atoms with Crippen LogP contribution in [0, 0.1) is 0 Å². The highest BCUT2D eigenvalue weighted by Gasteiger charge is 1.94. The first-order chi connectivity index (χ1) is 12.0. The van der Waals surface area contributed by atoms with E-state index >= 15 is 0 Å². The molecule has 0 saturated carbocycles. The lowest BCUT2D eigenvalue weighted by Crippen LogP contribution is -2.65. The van der Waals surface area contributed by atoms with Gasteiger partial charge in [-0.1, -0.05) is 64.2 Å². The number of hydrogen-bond acceptors (Lipinski definition) is 10. The van der Waals surface area contributed by atoms with Crippen molar-refractivity contribution in [2.24, 2.45) is 0 Å². The number of hydrogen-bond donors (Lipinski definition) is 10. The molecular formula is C14H38N10. The number of rotatable bonds is 0.